The summed E-state index contributed by atoms with van der Waals surface area (Å²) >= 11 is 0. The number of esters is 1. The number of hydrogen-bond acceptors (Lipinski definition) is 4. The standard InChI is InChI=1S/C20H19F13N2O3/c1-38-14(37)12(9-10-5-3-2-4-6-10)35-13(36)11(34)7-8-15(21,22)16(23,24)17(25,26)18(27,28)19(29,30)20(31,32)33/h2-6,11-12H,7-9,34H2,1H3,(H,35,36)/t11?,12-/m0/s1. The van der Waals surface area contributed by atoms with Gasteiger partial charge in [0, 0.05) is 12.8 Å². The minimum Gasteiger partial charge on any atom is -0.467 e. The first-order chi connectivity index (χ1) is 17.0. The van der Waals surface area contributed by atoms with E-state index in [0.29, 0.717) is 5.56 Å². The fourth-order valence-electron chi connectivity index (χ4n) is 2.89. The number of methoxy groups -OCH3 is 1. The predicted octanol–water partition coefficient (Wildman–Crippen LogP) is 4.73. The summed E-state index contributed by atoms with van der Waals surface area (Å²) in [6.45, 7) is 0. The van der Waals surface area contributed by atoms with Gasteiger partial charge in [0.15, 0.2) is 0 Å². The Morgan fingerprint density at radius 1 is 0.816 bits per heavy atom. The van der Waals surface area contributed by atoms with E-state index < -0.39 is 72.6 Å². The molecule has 0 spiro atoms. The van der Waals surface area contributed by atoms with Crippen molar-refractivity contribution in [3.05, 3.63) is 35.9 Å². The Bertz CT molecular complexity index is 969. The van der Waals surface area contributed by atoms with Crippen LogP contribution in [0.2, 0.25) is 0 Å². The molecule has 38 heavy (non-hydrogen) atoms. The van der Waals surface area contributed by atoms with Crippen molar-refractivity contribution in [3.8, 4) is 0 Å². The van der Waals surface area contributed by atoms with E-state index in [9.17, 15) is 66.7 Å². The van der Waals surface area contributed by atoms with Gasteiger partial charge in [-0.3, -0.25) is 4.79 Å². The molecule has 0 aliphatic carbocycles. The third-order valence-electron chi connectivity index (χ3n) is 5.19. The van der Waals surface area contributed by atoms with Gasteiger partial charge in [0.05, 0.1) is 13.2 Å². The van der Waals surface area contributed by atoms with Gasteiger partial charge in [-0.15, -0.1) is 0 Å². The number of carbonyl (C=O) groups excluding carboxylic acids is 2. The van der Waals surface area contributed by atoms with Crippen molar-refractivity contribution in [2.24, 2.45) is 5.73 Å². The average Bonchev–Trinajstić information content (AvgIpc) is 2.80. The van der Waals surface area contributed by atoms with E-state index in [4.69, 9.17) is 5.73 Å². The molecule has 3 N–H and O–H groups in total. The van der Waals surface area contributed by atoms with E-state index in [1.54, 1.807) is 6.07 Å². The number of rotatable bonds is 12. The second-order valence-corrected chi connectivity index (χ2v) is 7.92. The highest BCUT2D eigenvalue weighted by Gasteiger charge is 2.90. The lowest BCUT2D eigenvalue weighted by atomic mass is 9.91. The maximum Gasteiger partial charge on any atom is 0.460 e. The van der Waals surface area contributed by atoms with Crippen LogP contribution in [0.3, 0.4) is 0 Å². The molecule has 0 aliphatic heterocycles. The van der Waals surface area contributed by atoms with Crippen molar-refractivity contribution >= 4 is 11.9 Å². The van der Waals surface area contributed by atoms with Gasteiger partial charge in [-0.1, -0.05) is 30.3 Å². The summed E-state index contributed by atoms with van der Waals surface area (Å²) in [5.41, 5.74) is 5.66. The molecule has 0 saturated heterocycles. The molecule has 5 nitrogen and oxygen atoms in total. The third kappa shape index (κ3) is 6.26. The van der Waals surface area contributed by atoms with E-state index in [0.717, 1.165) is 7.11 Å². The molecule has 2 atom stereocenters. The van der Waals surface area contributed by atoms with Gasteiger partial charge in [-0.2, -0.15) is 57.1 Å². The van der Waals surface area contributed by atoms with Gasteiger partial charge in [-0.25, -0.2) is 4.79 Å². The zero-order chi connectivity index (χ0) is 30.0. The van der Waals surface area contributed by atoms with E-state index in [2.05, 4.69) is 4.74 Å². The molecule has 1 amide bonds. The molecule has 1 aromatic carbocycles. The zero-order valence-corrected chi connectivity index (χ0v) is 18.9. The van der Waals surface area contributed by atoms with Crippen LogP contribution in [0.25, 0.3) is 0 Å². The van der Waals surface area contributed by atoms with Crippen molar-refractivity contribution in [3.63, 3.8) is 0 Å². The first kappa shape index (κ1) is 33.2. The molecule has 0 heterocycles. The summed E-state index contributed by atoms with van der Waals surface area (Å²) in [6.07, 6.45) is -12.1. The summed E-state index contributed by atoms with van der Waals surface area (Å²) < 4.78 is 176. The Morgan fingerprint density at radius 3 is 1.74 bits per heavy atom. The Labute approximate surface area is 205 Å². The van der Waals surface area contributed by atoms with Crippen LogP contribution in [0.1, 0.15) is 18.4 Å². The lowest BCUT2D eigenvalue weighted by molar-refractivity contribution is -0.440. The number of benzene rings is 1. The highest BCUT2D eigenvalue weighted by atomic mass is 19.4. The Kier molecular flexibility index (Phi) is 9.74. The van der Waals surface area contributed by atoms with E-state index >= 15 is 0 Å². The van der Waals surface area contributed by atoms with Crippen molar-refractivity contribution in [2.45, 2.75) is 67.1 Å². The van der Waals surface area contributed by atoms with Crippen LogP contribution in [-0.2, 0) is 20.7 Å². The summed E-state index contributed by atoms with van der Waals surface area (Å²) in [5.74, 6) is -40.2. The van der Waals surface area contributed by atoms with Gasteiger partial charge in [0.1, 0.15) is 6.04 Å². The molecular weight excluding hydrogens is 563 g/mol. The van der Waals surface area contributed by atoms with Crippen LogP contribution in [-0.4, -0.2) is 66.9 Å². The number of halogens is 13. The van der Waals surface area contributed by atoms with Crippen LogP contribution >= 0.6 is 0 Å². The second-order valence-electron chi connectivity index (χ2n) is 7.92. The summed E-state index contributed by atoms with van der Waals surface area (Å²) in [4.78, 5) is 24.0. The third-order valence-corrected chi connectivity index (χ3v) is 5.19. The molecule has 1 rings (SSSR count). The molecule has 0 aromatic heterocycles. The van der Waals surface area contributed by atoms with Crippen molar-refractivity contribution in [1.29, 1.82) is 0 Å². The van der Waals surface area contributed by atoms with Crippen molar-refractivity contribution in [2.75, 3.05) is 7.11 Å². The molecule has 0 saturated carbocycles. The molecule has 0 fully saturated rings. The Balaban J connectivity index is 3.06. The van der Waals surface area contributed by atoms with Gasteiger partial charge in [-0.05, 0) is 12.0 Å². The minimum absolute atomic E-state index is 0.255. The molecule has 18 heteroatoms. The fourth-order valence-corrected chi connectivity index (χ4v) is 2.89. The normalized spacial score (nSPS) is 15.6. The number of carbonyl (C=O) groups is 2. The molecule has 0 bridgehead atoms. The maximum atomic E-state index is 13.9. The molecule has 1 aromatic rings. The SMILES string of the molecule is COC(=O)[C@H](Cc1ccccc1)NC(=O)C(N)CCC(F)(F)C(F)(F)C(F)(F)C(F)(F)C(F)(F)C(F)(F)F. The molecular formula is C20H19F13N2O3. The van der Waals surface area contributed by atoms with Crippen LogP contribution in [0.4, 0.5) is 57.1 Å². The Morgan fingerprint density at radius 2 is 1.29 bits per heavy atom. The van der Waals surface area contributed by atoms with E-state index in [1.165, 1.54) is 24.3 Å². The largest absolute Gasteiger partial charge is 0.467 e. The fraction of sp³-hybridized carbons (Fsp3) is 0.600. The van der Waals surface area contributed by atoms with Crippen molar-refractivity contribution < 1.29 is 71.4 Å². The molecule has 0 radical (unpaired) electrons. The average molecular weight is 582 g/mol. The minimum atomic E-state index is -8.02. The number of ether oxygens (including phenoxy) is 1. The quantitative estimate of drug-likeness (QED) is 0.276. The summed E-state index contributed by atoms with van der Waals surface area (Å²) in [6, 6.07) is 3.82. The lowest BCUT2D eigenvalue weighted by Crippen LogP contribution is -2.70. The first-order valence-electron chi connectivity index (χ1n) is 10.1. The zero-order valence-electron chi connectivity index (χ0n) is 18.9. The number of nitrogens with one attached hydrogen (secondary N) is 1. The number of hydrogen-bond donors (Lipinski definition) is 2. The van der Waals surface area contributed by atoms with Crippen LogP contribution < -0.4 is 11.1 Å². The van der Waals surface area contributed by atoms with Gasteiger partial charge >= 0.3 is 41.8 Å². The van der Waals surface area contributed by atoms with Gasteiger partial charge in [0.25, 0.3) is 0 Å². The summed E-state index contributed by atoms with van der Waals surface area (Å²) in [7, 11) is 0.896. The van der Waals surface area contributed by atoms with E-state index in [-0.39, 0.29) is 6.42 Å². The van der Waals surface area contributed by atoms with Gasteiger partial charge < -0.3 is 15.8 Å². The highest BCUT2D eigenvalue weighted by Crippen LogP contribution is 2.60. The van der Waals surface area contributed by atoms with Gasteiger partial charge in [0.2, 0.25) is 5.91 Å². The number of alkyl halides is 13. The molecule has 218 valence electrons. The van der Waals surface area contributed by atoms with E-state index in [1.807, 2.05) is 5.32 Å². The molecule has 0 aliphatic rings. The smallest absolute Gasteiger partial charge is 0.460 e. The number of amides is 1. The topological polar surface area (TPSA) is 81.4 Å². The Hall–Kier alpha value is -2.79. The maximum absolute atomic E-state index is 13.9. The predicted molar refractivity (Wildman–Crippen MR) is 102 cm³/mol. The van der Waals surface area contributed by atoms with Crippen molar-refractivity contribution in [1.82, 2.24) is 5.32 Å². The van der Waals surface area contributed by atoms with Crippen LogP contribution in [0.15, 0.2) is 30.3 Å². The highest BCUT2D eigenvalue weighted by molar-refractivity contribution is 5.87. The van der Waals surface area contributed by atoms with Crippen LogP contribution in [0.5, 0.6) is 0 Å². The van der Waals surface area contributed by atoms with Crippen LogP contribution in [0, 0.1) is 0 Å². The monoisotopic (exact) mass is 582 g/mol. The second kappa shape index (κ2) is 11.1. The summed E-state index contributed by atoms with van der Waals surface area (Å²) in [5, 5.41) is 1.92. The molecule has 1 unspecified atom stereocenters. The lowest BCUT2D eigenvalue weighted by Gasteiger charge is -2.39. The first-order valence-corrected chi connectivity index (χ1v) is 10.1. The number of nitrogens with two attached hydrogens (primary N) is 1.